The molecule has 19 heavy (non-hydrogen) atoms. The SMILES string of the molecule is CN1C2CC(OC(=O)c3ccccc3)CC1C1OC12. The van der Waals surface area contributed by atoms with Gasteiger partial charge in [0.1, 0.15) is 18.3 Å². The van der Waals surface area contributed by atoms with Gasteiger partial charge in [-0.3, -0.25) is 4.90 Å². The van der Waals surface area contributed by atoms with Crippen molar-refractivity contribution in [3.63, 3.8) is 0 Å². The molecule has 3 aliphatic rings. The van der Waals surface area contributed by atoms with Gasteiger partial charge in [-0.05, 0) is 19.2 Å². The van der Waals surface area contributed by atoms with E-state index in [2.05, 4.69) is 11.9 Å². The summed E-state index contributed by atoms with van der Waals surface area (Å²) in [5, 5.41) is 0. The Morgan fingerprint density at radius 1 is 1.21 bits per heavy atom. The number of hydrogen-bond acceptors (Lipinski definition) is 4. The molecule has 4 atom stereocenters. The Balaban J connectivity index is 1.44. The molecule has 3 fully saturated rings. The number of hydrogen-bond donors (Lipinski definition) is 0. The van der Waals surface area contributed by atoms with E-state index >= 15 is 0 Å². The average Bonchev–Trinajstić information content (AvgIpc) is 3.18. The van der Waals surface area contributed by atoms with E-state index < -0.39 is 0 Å². The summed E-state index contributed by atoms with van der Waals surface area (Å²) >= 11 is 0. The molecular weight excluding hydrogens is 242 g/mol. The summed E-state index contributed by atoms with van der Waals surface area (Å²) in [6.07, 6.45) is 2.60. The van der Waals surface area contributed by atoms with E-state index in [9.17, 15) is 4.79 Å². The molecular formula is C15H17NO3. The second-order valence-corrected chi connectivity index (χ2v) is 5.73. The summed E-state index contributed by atoms with van der Waals surface area (Å²) in [6, 6.07) is 10.1. The molecule has 0 N–H and O–H groups in total. The molecule has 3 saturated heterocycles. The number of benzene rings is 1. The first kappa shape index (κ1) is 11.4. The van der Waals surface area contributed by atoms with E-state index in [-0.39, 0.29) is 12.1 Å². The number of fused-ring (bicyclic) bond motifs is 5. The first-order valence-electron chi connectivity index (χ1n) is 6.87. The Hall–Kier alpha value is -1.39. The summed E-state index contributed by atoms with van der Waals surface area (Å²) in [7, 11) is 2.15. The van der Waals surface area contributed by atoms with Crippen LogP contribution in [-0.4, -0.2) is 48.3 Å². The minimum atomic E-state index is -0.204. The van der Waals surface area contributed by atoms with Crippen LogP contribution in [0.25, 0.3) is 0 Å². The Morgan fingerprint density at radius 2 is 1.84 bits per heavy atom. The lowest BCUT2D eigenvalue weighted by Gasteiger charge is -2.37. The van der Waals surface area contributed by atoms with Gasteiger partial charge in [-0.2, -0.15) is 0 Å². The highest BCUT2D eigenvalue weighted by Gasteiger charge is 2.62. The molecule has 0 amide bonds. The molecule has 100 valence electrons. The lowest BCUT2D eigenvalue weighted by atomic mass is 9.99. The van der Waals surface area contributed by atoms with Gasteiger partial charge in [-0.1, -0.05) is 18.2 Å². The Bertz CT molecular complexity index is 485. The first-order chi connectivity index (χ1) is 9.24. The van der Waals surface area contributed by atoms with E-state index in [1.54, 1.807) is 12.1 Å². The summed E-state index contributed by atoms with van der Waals surface area (Å²) in [5.41, 5.74) is 0.634. The standard InChI is InChI=1S/C15H17NO3/c1-16-11-7-10(8-12(16)14-13(11)19-14)18-15(17)9-5-3-2-4-6-9/h2-6,10-14H,7-8H2,1H3. The number of esters is 1. The molecule has 3 heterocycles. The van der Waals surface area contributed by atoms with Crippen molar-refractivity contribution in [1.29, 1.82) is 0 Å². The molecule has 2 bridgehead atoms. The second-order valence-electron chi connectivity index (χ2n) is 5.73. The molecule has 4 nitrogen and oxygen atoms in total. The summed E-state index contributed by atoms with van der Waals surface area (Å²) in [4.78, 5) is 14.4. The molecule has 0 saturated carbocycles. The van der Waals surface area contributed by atoms with Gasteiger partial charge in [0, 0.05) is 24.9 Å². The largest absolute Gasteiger partial charge is 0.459 e. The Labute approximate surface area is 112 Å². The fourth-order valence-corrected chi connectivity index (χ4v) is 3.59. The highest BCUT2D eigenvalue weighted by atomic mass is 16.6. The van der Waals surface area contributed by atoms with Gasteiger partial charge in [0.25, 0.3) is 0 Å². The monoisotopic (exact) mass is 259 g/mol. The van der Waals surface area contributed by atoms with Gasteiger partial charge in [-0.25, -0.2) is 4.79 Å². The van der Waals surface area contributed by atoms with Crippen molar-refractivity contribution in [1.82, 2.24) is 4.90 Å². The summed E-state index contributed by atoms with van der Waals surface area (Å²) in [5.74, 6) is -0.204. The normalized spacial score (nSPS) is 39.7. The number of rotatable bonds is 2. The highest BCUT2D eigenvalue weighted by Crippen LogP contribution is 2.47. The van der Waals surface area contributed by atoms with Gasteiger partial charge in [0.2, 0.25) is 0 Å². The van der Waals surface area contributed by atoms with Crippen LogP contribution in [0.4, 0.5) is 0 Å². The lowest BCUT2D eigenvalue weighted by molar-refractivity contribution is -0.0232. The number of epoxide rings is 1. The third-order valence-electron chi connectivity index (χ3n) is 4.66. The van der Waals surface area contributed by atoms with Crippen molar-refractivity contribution in [2.45, 2.75) is 43.2 Å². The Morgan fingerprint density at radius 3 is 2.47 bits per heavy atom. The van der Waals surface area contributed by atoms with Crippen LogP contribution in [0, 0.1) is 0 Å². The smallest absolute Gasteiger partial charge is 0.338 e. The van der Waals surface area contributed by atoms with Gasteiger partial charge in [0.05, 0.1) is 5.56 Å². The molecule has 4 rings (SSSR count). The molecule has 4 heteroatoms. The van der Waals surface area contributed by atoms with Crippen LogP contribution in [0.2, 0.25) is 0 Å². The predicted octanol–water partition coefficient (Wildman–Crippen LogP) is 1.46. The molecule has 0 radical (unpaired) electrons. The van der Waals surface area contributed by atoms with E-state index in [0.29, 0.717) is 29.9 Å². The van der Waals surface area contributed by atoms with Gasteiger partial charge in [-0.15, -0.1) is 0 Å². The maximum Gasteiger partial charge on any atom is 0.338 e. The number of nitrogens with zero attached hydrogens (tertiary/aromatic N) is 1. The van der Waals surface area contributed by atoms with Crippen molar-refractivity contribution >= 4 is 5.97 Å². The van der Waals surface area contributed by atoms with Gasteiger partial charge < -0.3 is 9.47 Å². The first-order valence-corrected chi connectivity index (χ1v) is 6.87. The minimum absolute atomic E-state index is 0.0373. The summed E-state index contributed by atoms with van der Waals surface area (Å²) < 4.78 is 11.3. The molecule has 0 aliphatic carbocycles. The molecule has 0 spiro atoms. The third-order valence-corrected chi connectivity index (χ3v) is 4.66. The number of carbonyl (C=O) groups is 1. The quantitative estimate of drug-likeness (QED) is 0.595. The summed E-state index contributed by atoms with van der Waals surface area (Å²) in [6.45, 7) is 0. The van der Waals surface area contributed by atoms with Gasteiger partial charge in [0.15, 0.2) is 0 Å². The molecule has 3 aliphatic heterocycles. The van der Waals surface area contributed by atoms with Crippen LogP contribution in [0.1, 0.15) is 23.2 Å². The molecule has 4 unspecified atom stereocenters. The second kappa shape index (κ2) is 4.05. The lowest BCUT2D eigenvalue weighted by Crippen LogP contribution is -2.47. The number of carbonyl (C=O) groups excluding carboxylic acids is 1. The van der Waals surface area contributed by atoms with Crippen molar-refractivity contribution < 1.29 is 14.3 Å². The number of ether oxygens (including phenoxy) is 2. The predicted molar refractivity (Wildman–Crippen MR) is 68.9 cm³/mol. The minimum Gasteiger partial charge on any atom is -0.459 e. The molecule has 0 aromatic heterocycles. The zero-order chi connectivity index (χ0) is 13.0. The van der Waals surface area contributed by atoms with E-state index in [4.69, 9.17) is 9.47 Å². The number of piperidine rings is 1. The maximum absolute atomic E-state index is 12.1. The van der Waals surface area contributed by atoms with E-state index in [1.807, 2.05) is 18.2 Å². The fourth-order valence-electron chi connectivity index (χ4n) is 3.59. The Kier molecular flexibility index (Phi) is 2.44. The number of morpholine rings is 1. The van der Waals surface area contributed by atoms with E-state index in [1.165, 1.54) is 0 Å². The third kappa shape index (κ3) is 1.78. The van der Waals surface area contributed by atoms with Crippen molar-refractivity contribution in [2.75, 3.05) is 7.05 Å². The number of likely N-dealkylation sites (N-methyl/N-ethyl adjacent to an activating group) is 1. The zero-order valence-electron chi connectivity index (χ0n) is 10.9. The van der Waals surface area contributed by atoms with Crippen LogP contribution in [0.5, 0.6) is 0 Å². The van der Waals surface area contributed by atoms with Crippen LogP contribution >= 0.6 is 0 Å². The van der Waals surface area contributed by atoms with Crippen LogP contribution in [-0.2, 0) is 9.47 Å². The van der Waals surface area contributed by atoms with Gasteiger partial charge >= 0.3 is 5.97 Å². The zero-order valence-corrected chi connectivity index (χ0v) is 10.9. The molecule has 1 aromatic carbocycles. The fraction of sp³-hybridized carbons (Fsp3) is 0.533. The highest BCUT2D eigenvalue weighted by molar-refractivity contribution is 5.89. The van der Waals surface area contributed by atoms with Crippen molar-refractivity contribution in [3.05, 3.63) is 35.9 Å². The maximum atomic E-state index is 12.1. The van der Waals surface area contributed by atoms with Crippen molar-refractivity contribution in [2.24, 2.45) is 0 Å². The van der Waals surface area contributed by atoms with Crippen LogP contribution in [0.15, 0.2) is 30.3 Å². The van der Waals surface area contributed by atoms with E-state index in [0.717, 1.165) is 12.8 Å². The average molecular weight is 259 g/mol. The topological polar surface area (TPSA) is 42.1 Å². The van der Waals surface area contributed by atoms with Crippen LogP contribution < -0.4 is 0 Å². The van der Waals surface area contributed by atoms with Crippen LogP contribution in [0.3, 0.4) is 0 Å². The molecule has 1 aromatic rings. The van der Waals surface area contributed by atoms with Crippen molar-refractivity contribution in [3.8, 4) is 0 Å².